The van der Waals surface area contributed by atoms with E-state index >= 15 is 0 Å². The summed E-state index contributed by atoms with van der Waals surface area (Å²) < 4.78 is 13.5. The summed E-state index contributed by atoms with van der Waals surface area (Å²) in [6.45, 7) is 0. The maximum Gasteiger partial charge on any atom is 0.275 e. The number of benzene rings is 2. The number of fused-ring (bicyclic) bond motifs is 1. The molecule has 0 fully saturated rings. The Morgan fingerprint density at radius 3 is 2.32 bits per heavy atom. The third-order valence-electron chi connectivity index (χ3n) is 4.73. The Hall–Kier alpha value is -3.25. The molecule has 4 nitrogen and oxygen atoms in total. The lowest BCUT2D eigenvalue weighted by Crippen LogP contribution is -2.26. The Labute approximate surface area is 165 Å². The number of aliphatic imine (C=N–C) groups is 1. The molecule has 1 amide bonds. The van der Waals surface area contributed by atoms with Gasteiger partial charge in [0.15, 0.2) is 5.17 Å². The molecule has 1 aromatic heterocycles. The summed E-state index contributed by atoms with van der Waals surface area (Å²) in [5.74, 6) is -0.492. The minimum atomic E-state index is -0.525. The molecular weight excluding hydrogens is 373 g/mol. The molecule has 0 aliphatic carbocycles. The zero-order valence-electron chi connectivity index (χ0n) is 14.6. The number of amidine groups is 1. The summed E-state index contributed by atoms with van der Waals surface area (Å²) in [4.78, 5) is 24.1. The molecular formula is C22H14FN3OS. The van der Waals surface area contributed by atoms with Crippen molar-refractivity contribution in [2.45, 2.75) is 6.04 Å². The number of carbonyl (C=O) groups is 1. The van der Waals surface area contributed by atoms with Crippen molar-refractivity contribution < 1.29 is 9.18 Å². The first-order valence-electron chi connectivity index (χ1n) is 8.77. The van der Waals surface area contributed by atoms with Gasteiger partial charge in [-0.2, -0.15) is 4.99 Å². The van der Waals surface area contributed by atoms with Gasteiger partial charge in [-0.25, -0.2) is 4.39 Å². The van der Waals surface area contributed by atoms with E-state index in [4.69, 9.17) is 0 Å². The lowest BCUT2D eigenvalue weighted by atomic mass is 10.0. The highest BCUT2D eigenvalue weighted by atomic mass is 32.2. The van der Waals surface area contributed by atoms with Crippen LogP contribution in [0.1, 0.15) is 22.7 Å². The second-order valence-corrected chi connectivity index (χ2v) is 7.42. The fourth-order valence-corrected chi connectivity index (χ4v) is 4.66. The molecule has 0 saturated heterocycles. The molecule has 0 spiro atoms. The van der Waals surface area contributed by atoms with Crippen molar-refractivity contribution >= 4 is 33.4 Å². The molecule has 6 heteroatoms. The van der Waals surface area contributed by atoms with Gasteiger partial charge in [-0.05, 0) is 64.9 Å². The van der Waals surface area contributed by atoms with Gasteiger partial charge in [0.05, 0.1) is 5.70 Å². The van der Waals surface area contributed by atoms with E-state index in [1.807, 2.05) is 47.4 Å². The van der Waals surface area contributed by atoms with E-state index in [-0.39, 0.29) is 11.7 Å². The van der Waals surface area contributed by atoms with Crippen molar-refractivity contribution in [1.82, 2.24) is 9.88 Å². The van der Waals surface area contributed by atoms with Crippen LogP contribution < -0.4 is 0 Å². The summed E-state index contributed by atoms with van der Waals surface area (Å²) in [6, 6.07) is 19.3. The van der Waals surface area contributed by atoms with Crippen molar-refractivity contribution in [3.8, 4) is 0 Å². The Balaban J connectivity index is 1.71. The summed E-state index contributed by atoms with van der Waals surface area (Å²) in [7, 11) is 0. The number of aromatic nitrogens is 1. The third-order valence-corrected chi connectivity index (χ3v) is 5.83. The topological polar surface area (TPSA) is 45.6 Å². The number of hydrogen-bond donors (Lipinski definition) is 0. The second-order valence-electron chi connectivity index (χ2n) is 6.44. The summed E-state index contributed by atoms with van der Waals surface area (Å²) in [6.07, 6.45) is 3.46. The molecule has 3 aromatic rings. The van der Waals surface area contributed by atoms with Gasteiger partial charge in [-0.3, -0.25) is 9.78 Å². The minimum Gasteiger partial charge on any atom is -0.302 e. The second kappa shape index (κ2) is 6.73. The number of halogens is 1. The SMILES string of the molecule is O=C1N=C2SC(c3ccncc3)=C(c3ccc(F)cc3)N2C1c1ccccc1. The number of thioether (sulfide) groups is 1. The monoisotopic (exact) mass is 387 g/mol. The average Bonchev–Trinajstić information content (AvgIpc) is 3.24. The number of pyridine rings is 1. The van der Waals surface area contributed by atoms with Gasteiger partial charge in [0, 0.05) is 17.3 Å². The Morgan fingerprint density at radius 1 is 0.893 bits per heavy atom. The van der Waals surface area contributed by atoms with Gasteiger partial charge in [0.1, 0.15) is 11.9 Å². The molecule has 2 aliphatic heterocycles. The Bertz CT molecular complexity index is 1110. The molecule has 1 atom stereocenters. The van der Waals surface area contributed by atoms with Crippen LogP contribution >= 0.6 is 11.8 Å². The minimum absolute atomic E-state index is 0.193. The van der Waals surface area contributed by atoms with Crippen molar-refractivity contribution in [3.05, 3.63) is 102 Å². The van der Waals surface area contributed by atoms with Crippen LogP contribution in [0.15, 0.2) is 84.1 Å². The fraction of sp³-hybridized carbons (Fsp3) is 0.0455. The quantitative estimate of drug-likeness (QED) is 0.652. The van der Waals surface area contributed by atoms with Crippen LogP contribution in [0.4, 0.5) is 4.39 Å². The largest absolute Gasteiger partial charge is 0.302 e. The maximum absolute atomic E-state index is 13.5. The first-order valence-corrected chi connectivity index (χ1v) is 9.59. The van der Waals surface area contributed by atoms with E-state index in [0.29, 0.717) is 5.17 Å². The van der Waals surface area contributed by atoms with Gasteiger partial charge in [-0.1, -0.05) is 30.3 Å². The van der Waals surface area contributed by atoms with Crippen LogP contribution in [-0.4, -0.2) is 21.0 Å². The number of amides is 1. The van der Waals surface area contributed by atoms with E-state index in [2.05, 4.69) is 9.98 Å². The maximum atomic E-state index is 13.5. The predicted octanol–water partition coefficient (Wildman–Crippen LogP) is 4.73. The van der Waals surface area contributed by atoms with E-state index < -0.39 is 6.04 Å². The summed E-state index contributed by atoms with van der Waals surface area (Å²) in [5.41, 5.74) is 3.55. The van der Waals surface area contributed by atoms with E-state index in [0.717, 1.165) is 27.3 Å². The molecule has 2 aromatic carbocycles. The van der Waals surface area contributed by atoms with Crippen LogP contribution in [0.25, 0.3) is 10.6 Å². The van der Waals surface area contributed by atoms with Crippen molar-refractivity contribution in [2.75, 3.05) is 0 Å². The highest BCUT2D eigenvalue weighted by Crippen LogP contribution is 2.51. The Kier molecular flexibility index (Phi) is 4.06. The number of rotatable bonds is 3. The predicted molar refractivity (Wildman–Crippen MR) is 109 cm³/mol. The number of nitrogens with zero attached hydrogens (tertiary/aromatic N) is 3. The summed E-state index contributed by atoms with van der Waals surface area (Å²) >= 11 is 1.46. The molecule has 0 bridgehead atoms. The van der Waals surface area contributed by atoms with E-state index in [9.17, 15) is 9.18 Å². The van der Waals surface area contributed by atoms with Crippen LogP contribution in [0, 0.1) is 5.82 Å². The van der Waals surface area contributed by atoms with Gasteiger partial charge in [0.2, 0.25) is 0 Å². The first kappa shape index (κ1) is 16.9. The van der Waals surface area contributed by atoms with Gasteiger partial charge >= 0.3 is 0 Å². The molecule has 0 saturated carbocycles. The molecule has 28 heavy (non-hydrogen) atoms. The fourth-order valence-electron chi connectivity index (χ4n) is 3.48. The lowest BCUT2D eigenvalue weighted by molar-refractivity contribution is -0.119. The van der Waals surface area contributed by atoms with E-state index in [1.54, 1.807) is 24.5 Å². The molecule has 136 valence electrons. The highest BCUT2D eigenvalue weighted by molar-refractivity contribution is 8.22. The van der Waals surface area contributed by atoms with E-state index in [1.165, 1.54) is 23.9 Å². The van der Waals surface area contributed by atoms with Gasteiger partial charge in [0.25, 0.3) is 5.91 Å². The van der Waals surface area contributed by atoms with Crippen LogP contribution in [0.5, 0.6) is 0 Å². The lowest BCUT2D eigenvalue weighted by Gasteiger charge is -2.25. The number of carbonyl (C=O) groups excluding carboxylic acids is 1. The first-order chi connectivity index (χ1) is 13.7. The van der Waals surface area contributed by atoms with Crippen LogP contribution in [-0.2, 0) is 4.79 Å². The molecule has 3 heterocycles. The van der Waals surface area contributed by atoms with Crippen LogP contribution in [0.2, 0.25) is 0 Å². The Morgan fingerprint density at radius 2 is 1.61 bits per heavy atom. The van der Waals surface area contributed by atoms with Gasteiger partial charge < -0.3 is 4.90 Å². The molecule has 0 N–H and O–H groups in total. The summed E-state index contributed by atoms with van der Waals surface area (Å²) in [5, 5.41) is 0.644. The average molecular weight is 387 g/mol. The normalized spacial score (nSPS) is 18.5. The highest BCUT2D eigenvalue weighted by Gasteiger charge is 2.44. The standard InChI is InChI=1S/C22H14FN3OS/c23-17-8-6-15(7-9-17)18-20(16-10-12-24-13-11-16)28-22-25-21(27)19(26(18)22)14-4-2-1-3-5-14/h1-13,19H. The third kappa shape index (κ3) is 2.73. The van der Waals surface area contributed by atoms with Crippen LogP contribution in [0.3, 0.4) is 0 Å². The van der Waals surface area contributed by atoms with Crippen molar-refractivity contribution in [3.63, 3.8) is 0 Å². The van der Waals surface area contributed by atoms with Crippen molar-refractivity contribution in [1.29, 1.82) is 0 Å². The molecule has 1 unspecified atom stereocenters. The molecule has 5 rings (SSSR count). The molecule has 2 aliphatic rings. The van der Waals surface area contributed by atoms with Gasteiger partial charge in [-0.15, -0.1) is 0 Å². The zero-order chi connectivity index (χ0) is 19.1. The number of hydrogen-bond acceptors (Lipinski definition) is 4. The van der Waals surface area contributed by atoms with Crippen molar-refractivity contribution in [2.24, 2.45) is 4.99 Å². The smallest absolute Gasteiger partial charge is 0.275 e. The molecule has 0 radical (unpaired) electrons. The zero-order valence-corrected chi connectivity index (χ0v) is 15.4.